The van der Waals surface area contributed by atoms with Gasteiger partial charge in [0.25, 0.3) is 5.56 Å². The molecule has 0 aliphatic rings. The third-order valence-corrected chi connectivity index (χ3v) is 5.99. The minimum absolute atomic E-state index is 0.331. The van der Waals surface area contributed by atoms with E-state index in [0.717, 1.165) is 21.4 Å². The standard InChI is InChI=1S/C22H17Cl2N5O2/c1-26-19-18(20(30)27(2)22(26)31)29-12-17(15-9-8-14(23)10-16(15)24)28(21(29)25-19)11-13-6-4-3-5-7-13/h3-10,12H,11H2,1-2H3. The van der Waals surface area contributed by atoms with Crippen molar-refractivity contribution in [1.82, 2.24) is 23.1 Å². The maximum atomic E-state index is 12.9. The van der Waals surface area contributed by atoms with Gasteiger partial charge in [-0.2, -0.15) is 4.98 Å². The van der Waals surface area contributed by atoms with Gasteiger partial charge >= 0.3 is 5.69 Å². The van der Waals surface area contributed by atoms with Crippen molar-refractivity contribution in [3.05, 3.63) is 91.2 Å². The van der Waals surface area contributed by atoms with Gasteiger partial charge in [-0.25, -0.2) is 4.79 Å². The van der Waals surface area contributed by atoms with E-state index in [1.165, 1.54) is 11.6 Å². The number of rotatable bonds is 3. The van der Waals surface area contributed by atoms with Crippen LogP contribution in [0.25, 0.3) is 28.2 Å². The molecule has 0 aliphatic heterocycles. The zero-order valence-corrected chi connectivity index (χ0v) is 18.2. The van der Waals surface area contributed by atoms with Crippen LogP contribution in [0.2, 0.25) is 10.0 Å². The number of hydrogen-bond acceptors (Lipinski definition) is 3. The quantitative estimate of drug-likeness (QED) is 0.418. The van der Waals surface area contributed by atoms with Crippen molar-refractivity contribution >= 4 is 40.1 Å². The summed E-state index contributed by atoms with van der Waals surface area (Å²) in [6.45, 7) is 0.503. The fourth-order valence-electron chi connectivity index (χ4n) is 3.85. The minimum atomic E-state index is -0.422. The van der Waals surface area contributed by atoms with Crippen LogP contribution in [0.5, 0.6) is 0 Å². The number of imidazole rings is 2. The first kappa shape index (κ1) is 19.7. The van der Waals surface area contributed by atoms with Crippen molar-refractivity contribution in [2.24, 2.45) is 14.1 Å². The van der Waals surface area contributed by atoms with Crippen LogP contribution in [0.4, 0.5) is 0 Å². The zero-order chi connectivity index (χ0) is 21.9. The first-order valence-corrected chi connectivity index (χ1v) is 10.3. The van der Waals surface area contributed by atoms with Gasteiger partial charge in [0.15, 0.2) is 11.2 Å². The third kappa shape index (κ3) is 3.00. The van der Waals surface area contributed by atoms with Gasteiger partial charge in [0.05, 0.1) is 17.3 Å². The monoisotopic (exact) mass is 453 g/mol. The highest BCUT2D eigenvalue weighted by atomic mass is 35.5. The van der Waals surface area contributed by atoms with Crippen LogP contribution in [-0.2, 0) is 20.6 Å². The molecule has 31 heavy (non-hydrogen) atoms. The van der Waals surface area contributed by atoms with Crippen LogP contribution in [0.1, 0.15) is 5.56 Å². The van der Waals surface area contributed by atoms with Crippen molar-refractivity contribution in [3.8, 4) is 11.3 Å². The molecule has 0 bridgehead atoms. The Kier molecular flexibility index (Phi) is 4.53. The number of aromatic nitrogens is 5. The lowest BCUT2D eigenvalue weighted by atomic mass is 10.1. The van der Waals surface area contributed by atoms with Gasteiger partial charge in [-0.3, -0.25) is 18.3 Å². The zero-order valence-electron chi connectivity index (χ0n) is 16.7. The maximum absolute atomic E-state index is 12.9. The molecule has 2 aromatic carbocycles. The Bertz CT molecular complexity index is 1590. The Balaban J connectivity index is 1.89. The molecule has 7 nitrogen and oxygen atoms in total. The number of aryl methyl sites for hydroxylation is 1. The molecule has 156 valence electrons. The number of benzene rings is 2. The second-order valence-electron chi connectivity index (χ2n) is 7.37. The molecule has 0 fully saturated rings. The van der Waals surface area contributed by atoms with Crippen LogP contribution in [0.3, 0.4) is 0 Å². The molecular formula is C22H17Cl2N5O2. The van der Waals surface area contributed by atoms with E-state index in [-0.39, 0.29) is 0 Å². The first-order chi connectivity index (χ1) is 14.9. The normalized spacial score (nSPS) is 11.6. The van der Waals surface area contributed by atoms with Crippen LogP contribution < -0.4 is 11.2 Å². The molecule has 3 aromatic heterocycles. The maximum Gasteiger partial charge on any atom is 0.332 e. The molecule has 0 aliphatic carbocycles. The molecule has 0 saturated carbocycles. The van der Waals surface area contributed by atoms with Crippen molar-refractivity contribution in [1.29, 1.82) is 0 Å². The molecular weight excluding hydrogens is 437 g/mol. The number of nitrogens with zero attached hydrogens (tertiary/aromatic N) is 5. The van der Waals surface area contributed by atoms with Gasteiger partial charge in [-0.1, -0.05) is 53.5 Å². The molecule has 0 saturated heterocycles. The van der Waals surface area contributed by atoms with E-state index in [0.29, 0.717) is 33.5 Å². The lowest BCUT2D eigenvalue weighted by Crippen LogP contribution is -2.37. The topological polar surface area (TPSA) is 66.2 Å². The SMILES string of the molecule is Cn1c(=O)c2c(nc3n(Cc4ccccc4)c(-c4ccc(Cl)cc4Cl)cn23)n(C)c1=O. The number of fused-ring (bicyclic) bond motifs is 3. The Morgan fingerprint density at radius 1 is 0.968 bits per heavy atom. The van der Waals surface area contributed by atoms with Gasteiger partial charge < -0.3 is 4.57 Å². The second kappa shape index (κ2) is 7.14. The van der Waals surface area contributed by atoms with Crippen LogP contribution >= 0.6 is 23.2 Å². The van der Waals surface area contributed by atoms with Crippen molar-refractivity contribution in [2.75, 3.05) is 0 Å². The average Bonchev–Trinajstić information content (AvgIpc) is 3.29. The van der Waals surface area contributed by atoms with Crippen molar-refractivity contribution < 1.29 is 0 Å². The van der Waals surface area contributed by atoms with Crippen LogP contribution in [-0.4, -0.2) is 23.1 Å². The van der Waals surface area contributed by atoms with Crippen molar-refractivity contribution in [3.63, 3.8) is 0 Å². The van der Waals surface area contributed by atoms with Gasteiger partial charge in [-0.05, 0) is 23.8 Å². The van der Waals surface area contributed by atoms with E-state index in [9.17, 15) is 9.59 Å². The van der Waals surface area contributed by atoms with Crippen molar-refractivity contribution in [2.45, 2.75) is 6.54 Å². The molecule has 0 N–H and O–H groups in total. The summed E-state index contributed by atoms with van der Waals surface area (Å²) < 4.78 is 6.17. The average molecular weight is 454 g/mol. The van der Waals surface area contributed by atoms with E-state index in [1.54, 1.807) is 23.6 Å². The second-order valence-corrected chi connectivity index (χ2v) is 8.21. The van der Waals surface area contributed by atoms with E-state index in [2.05, 4.69) is 4.98 Å². The van der Waals surface area contributed by atoms with E-state index >= 15 is 0 Å². The Hall–Kier alpha value is -3.29. The van der Waals surface area contributed by atoms with Crippen LogP contribution in [0.15, 0.2) is 64.3 Å². The summed E-state index contributed by atoms with van der Waals surface area (Å²) >= 11 is 12.6. The molecule has 0 amide bonds. The summed E-state index contributed by atoms with van der Waals surface area (Å²) in [6.07, 6.45) is 1.83. The molecule has 9 heteroatoms. The summed E-state index contributed by atoms with van der Waals surface area (Å²) in [7, 11) is 3.07. The van der Waals surface area contributed by atoms with E-state index < -0.39 is 11.2 Å². The highest BCUT2D eigenvalue weighted by Gasteiger charge is 2.22. The summed E-state index contributed by atoms with van der Waals surface area (Å²) in [5.41, 5.74) is 2.44. The highest BCUT2D eigenvalue weighted by Crippen LogP contribution is 2.33. The molecule has 5 aromatic rings. The molecule has 0 atom stereocenters. The van der Waals surface area contributed by atoms with E-state index in [1.807, 2.05) is 47.2 Å². The van der Waals surface area contributed by atoms with Gasteiger partial charge in [-0.15, -0.1) is 0 Å². The fourth-order valence-corrected chi connectivity index (χ4v) is 4.35. The lowest BCUT2D eigenvalue weighted by molar-refractivity contribution is 0.707. The predicted molar refractivity (Wildman–Crippen MR) is 122 cm³/mol. The van der Waals surface area contributed by atoms with Crippen LogP contribution in [0, 0.1) is 0 Å². The number of halogens is 2. The molecule has 0 radical (unpaired) electrons. The highest BCUT2D eigenvalue weighted by molar-refractivity contribution is 6.36. The summed E-state index contributed by atoms with van der Waals surface area (Å²) in [6, 6.07) is 15.2. The van der Waals surface area contributed by atoms with E-state index in [4.69, 9.17) is 23.2 Å². The van der Waals surface area contributed by atoms with Gasteiger partial charge in [0.2, 0.25) is 5.78 Å². The Labute approximate surface area is 186 Å². The first-order valence-electron chi connectivity index (χ1n) is 9.53. The molecule has 5 rings (SSSR count). The van der Waals surface area contributed by atoms with Gasteiger partial charge in [0, 0.05) is 30.9 Å². The fraction of sp³-hybridized carbons (Fsp3) is 0.136. The lowest BCUT2D eigenvalue weighted by Gasteiger charge is -2.11. The summed E-state index contributed by atoms with van der Waals surface area (Å²) in [4.78, 5) is 30.0. The smallest absolute Gasteiger partial charge is 0.305 e. The predicted octanol–water partition coefficient (Wildman–Crippen LogP) is 3.71. The Morgan fingerprint density at radius 3 is 2.42 bits per heavy atom. The molecule has 3 heterocycles. The Morgan fingerprint density at radius 2 is 1.71 bits per heavy atom. The largest absolute Gasteiger partial charge is 0.332 e. The third-order valence-electron chi connectivity index (χ3n) is 5.45. The summed E-state index contributed by atoms with van der Waals surface area (Å²) in [5.74, 6) is 0.540. The molecule has 0 spiro atoms. The van der Waals surface area contributed by atoms with Gasteiger partial charge in [0.1, 0.15) is 0 Å². The summed E-state index contributed by atoms with van der Waals surface area (Å²) in [5, 5.41) is 1.03. The number of hydrogen-bond donors (Lipinski definition) is 0. The minimum Gasteiger partial charge on any atom is -0.305 e. The molecule has 0 unspecified atom stereocenters.